The summed E-state index contributed by atoms with van der Waals surface area (Å²) in [5.41, 5.74) is 0.276. The van der Waals surface area contributed by atoms with Crippen molar-refractivity contribution in [1.29, 1.82) is 0 Å². The van der Waals surface area contributed by atoms with E-state index in [0.717, 1.165) is 16.7 Å². The van der Waals surface area contributed by atoms with E-state index >= 15 is 0 Å². The fraction of sp³-hybridized carbons (Fsp3) is 0.389. The maximum absolute atomic E-state index is 13.0. The molecule has 1 aliphatic rings. The molecule has 5 rings (SSSR count). The Morgan fingerprint density at radius 2 is 1.36 bits per heavy atom. The van der Waals surface area contributed by atoms with Crippen molar-refractivity contribution in [2.24, 2.45) is 0 Å². The molecule has 11 heteroatoms. The normalized spacial score (nSPS) is 20.3. The van der Waals surface area contributed by atoms with Gasteiger partial charge in [0.15, 0.2) is 8.32 Å². The van der Waals surface area contributed by atoms with Gasteiger partial charge in [-0.25, -0.2) is 4.79 Å². The summed E-state index contributed by atoms with van der Waals surface area (Å²) in [5, 5.41) is 11.7. The predicted molar refractivity (Wildman–Crippen MR) is 182 cm³/mol. The summed E-state index contributed by atoms with van der Waals surface area (Å²) < 4.78 is 31.1. The van der Waals surface area contributed by atoms with Crippen LogP contribution in [0, 0.1) is 0 Å². The second-order valence-electron chi connectivity index (χ2n) is 13.3. The lowest BCUT2D eigenvalue weighted by Crippen LogP contribution is -2.49. The molecular formula is C36H44N2O8Si. The molecule has 10 nitrogen and oxygen atoms in total. The fourth-order valence-electron chi connectivity index (χ4n) is 5.69. The number of aliphatic hydroxyl groups excluding tert-OH is 1. The second kappa shape index (κ2) is 13.6. The molecule has 0 spiro atoms. The lowest BCUT2D eigenvalue weighted by molar-refractivity contribution is -0.0830. The molecule has 4 aromatic rings. The minimum atomic E-state index is -2.47. The number of rotatable bonds is 11. The summed E-state index contributed by atoms with van der Waals surface area (Å²) >= 11 is 0. The van der Waals surface area contributed by atoms with Gasteiger partial charge in [-0.05, 0) is 59.1 Å². The summed E-state index contributed by atoms with van der Waals surface area (Å²) in [6.07, 6.45) is -2.56. The number of nitrogens with one attached hydrogen (secondary N) is 2. The highest BCUT2D eigenvalue weighted by molar-refractivity contribution is 6.74. The third-order valence-electron chi connectivity index (χ3n) is 9.37. The Balaban J connectivity index is 1.59. The highest BCUT2D eigenvalue weighted by Crippen LogP contribution is 2.45. The van der Waals surface area contributed by atoms with Crippen LogP contribution in [0.1, 0.15) is 49.1 Å². The summed E-state index contributed by atoms with van der Waals surface area (Å²) in [5.74, 6) is 1.39. The molecule has 4 atom stereocenters. The van der Waals surface area contributed by atoms with Crippen molar-refractivity contribution in [3.63, 3.8) is 0 Å². The smallest absolute Gasteiger partial charge is 0.325 e. The Bertz CT molecular complexity index is 1700. The predicted octanol–water partition coefficient (Wildman–Crippen LogP) is 5.28. The highest BCUT2D eigenvalue weighted by Gasteiger charge is 2.52. The number of hydrogen-bond acceptors (Lipinski definition) is 8. The molecular weight excluding hydrogens is 616 g/mol. The zero-order chi connectivity index (χ0) is 34.0. The molecule has 0 radical (unpaired) electrons. The van der Waals surface area contributed by atoms with E-state index in [9.17, 15) is 14.7 Å². The molecule has 250 valence electrons. The van der Waals surface area contributed by atoms with E-state index in [1.165, 1.54) is 6.20 Å². The van der Waals surface area contributed by atoms with Gasteiger partial charge in [-0.3, -0.25) is 9.78 Å². The number of ether oxygens (including phenoxy) is 4. The number of methoxy groups -OCH3 is 2. The molecule has 1 aromatic heterocycles. The van der Waals surface area contributed by atoms with Crippen molar-refractivity contribution >= 4 is 8.32 Å². The molecule has 3 aromatic carbocycles. The first-order chi connectivity index (χ1) is 22.3. The molecule has 47 heavy (non-hydrogen) atoms. The van der Waals surface area contributed by atoms with Crippen LogP contribution in [0.3, 0.4) is 0 Å². The summed E-state index contributed by atoms with van der Waals surface area (Å²) in [6.45, 7) is 10.4. The largest absolute Gasteiger partial charge is 0.497 e. The molecule has 1 aliphatic heterocycles. The van der Waals surface area contributed by atoms with Crippen LogP contribution in [-0.2, 0) is 19.5 Å². The molecule has 3 N–H and O–H groups in total. The van der Waals surface area contributed by atoms with E-state index in [2.05, 4.69) is 43.8 Å². The van der Waals surface area contributed by atoms with Crippen molar-refractivity contribution in [3.05, 3.63) is 128 Å². The third kappa shape index (κ3) is 6.86. The van der Waals surface area contributed by atoms with Crippen LogP contribution in [-0.4, -0.2) is 62.5 Å². The van der Waals surface area contributed by atoms with Crippen molar-refractivity contribution in [2.75, 3.05) is 20.8 Å². The van der Waals surface area contributed by atoms with Gasteiger partial charge in [0, 0.05) is 6.20 Å². The Labute approximate surface area is 275 Å². The molecule has 0 bridgehead atoms. The highest BCUT2D eigenvalue weighted by atomic mass is 28.4. The van der Waals surface area contributed by atoms with Gasteiger partial charge in [-0.1, -0.05) is 75.4 Å². The number of aromatic amines is 2. The lowest BCUT2D eigenvalue weighted by atomic mass is 9.80. The Hall–Kier alpha value is -4.00. The van der Waals surface area contributed by atoms with Gasteiger partial charge < -0.3 is 33.5 Å². The van der Waals surface area contributed by atoms with Crippen molar-refractivity contribution < 1.29 is 28.5 Å². The van der Waals surface area contributed by atoms with Crippen LogP contribution in [0.15, 0.2) is 94.6 Å². The maximum atomic E-state index is 13.0. The summed E-state index contributed by atoms with van der Waals surface area (Å²) in [6, 6.07) is 25.1. The van der Waals surface area contributed by atoms with Gasteiger partial charge >= 0.3 is 5.69 Å². The van der Waals surface area contributed by atoms with E-state index in [-0.39, 0.29) is 17.2 Å². The van der Waals surface area contributed by atoms with Gasteiger partial charge in [0.1, 0.15) is 41.5 Å². The SMILES string of the molecule is COc1ccc(C(OC[C@H]2O[C@@H](c3c[nH]c(=O)[nH]c3=O)[C@H](O[Si](C)(C)C(C)(C)C)[C@@H]2O)(c2ccccc2)c2ccc(OC)cc2)cc1. The van der Waals surface area contributed by atoms with Crippen LogP contribution >= 0.6 is 0 Å². The second-order valence-corrected chi connectivity index (χ2v) is 18.0. The maximum Gasteiger partial charge on any atom is 0.325 e. The van der Waals surface area contributed by atoms with Crippen LogP contribution < -0.4 is 20.7 Å². The van der Waals surface area contributed by atoms with E-state index in [1.807, 2.05) is 78.9 Å². The zero-order valence-electron chi connectivity index (χ0n) is 27.9. The lowest BCUT2D eigenvalue weighted by Gasteiger charge is -2.40. The number of benzene rings is 3. The zero-order valence-corrected chi connectivity index (χ0v) is 28.9. The molecule has 0 unspecified atom stereocenters. The van der Waals surface area contributed by atoms with Crippen molar-refractivity contribution in [1.82, 2.24) is 9.97 Å². The number of aliphatic hydroxyl groups is 1. The average Bonchev–Trinajstić information content (AvgIpc) is 3.35. The van der Waals surface area contributed by atoms with E-state index in [0.29, 0.717) is 11.5 Å². The summed E-state index contributed by atoms with van der Waals surface area (Å²) in [4.78, 5) is 29.7. The monoisotopic (exact) mass is 660 g/mol. The van der Waals surface area contributed by atoms with Crippen LogP contribution in [0.5, 0.6) is 11.5 Å². The van der Waals surface area contributed by atoms with E-state index < -0.39 is 49.6 Å². The van der Waals surface area contributed by atoms with Gasteiger partial charge in [-0.15, -0.1) is 0 Å². The number of hydrogen-bond donors (Lipinski definition) is 3. The average molecular weight is 661 g/mol. The number of aromatic nitrogens is 2. The minimum Gasteiger partial charge on any atom is -0.497 e. The van der Waals surface area contributed by atoms with E-state index in [4.69, 9.17) is 23.4 Å². The third-order valence-corrected chi connectivity index (χ3v) is 13.8. The molecule has 1 saturated heterocycles. The first-order valence-electron chi connectivity index (χ1n) is 15.6. The van der Waals surface area contributed by atoms with Crippen molar-refractivity contribution in [2.45, 2.75) is 68.9 Å². The fourth-order valence-corrected chi connectivity index (χ4v) is 6.98. The van der Waals surface area contributed by atoms with Crippen LogP contribution in [0.25, 0.3) is 0 Å². The molecule has 0 amide bonds. The summed E-state index contributed by atoms with van der Waals surface area (Å²) in [7, 11) is 0.762. The van der Waals surface area contributed by atoms with E-state index in [1.54, 1.807) is 14.2 Å². The minimum absolute atomic E-state index is 0.0662. The standard InChI is InChI=1S/C36H44N2O8Si/c1-35(2,3)47(6,7)46-32-30(39)29(45-31(32)28-21-37-34(41)38-33(28)40)22-44-36(23-11-9-8-10-12-23,24-13-17-26(42-4)18-14-24)25-15-19-27(43-5)20-16-25/h8-21,29-32,39H,22H2,1-7H3,(H2,37,38,40,41)/t29-,30-,31+,32-/m1/s1. The van der Waals surface area contributed by atoms with Gasteiger partial charge in [-0.2, -0.15) is 0 Å². The first-order valence-corrected chi connectivity index (χ1v) is 18.5. The van der Waals surface area contributed by atoms with Gasteiger partial charge in [0.05, 0.1) is 26.4 Å². The van der Waals surface area contributed by atoms with Crippen LogP contribution in [0.4, 0.5) is 0 Å². The molecule has 2 heterocycles. The number of H-pyrrole nitrogens is 2. The Morgan fingerprint density at radius 1 is 0.830 bits per heavy atom. The molecule has 0 aliphatic carbocycles. The quantitative estimate of drug-likeness (QED) is 0.146. The topological polar surface area (TPSA) is 132 Å². The van der Waals surface area contributed by atoms with Crippen molar-refractivity contribution in [3.8, 4) is 11.5 Å². The first kappa shape index (κ1) is 34.3. The molecule has 0 saturated carbocycles. The Kier molecular flexibility index (Phi) is 9.95. The van der Waals surface area contributed by atoms with Crippen LogP contribution in [0.2, 0.25) is 18.1 Å². The van der Waals surface area contributed by atoms with Gasteiger partial charge in [0.2, 0.25) is 0 Å². The molecule has 1 fully saturated rings. The Morgan fingerprint density at radius 3 is 1.85 bits per heavy atom. The van der Waals surface area contributed by atoms with Gasteiger partial charge in [0.25, 0.3) is 5.56 Å².